The predicted molar refractivity (Wildman–Crippen MR) is 28.2 cm³/mol. The fourth-order valence-electron chi connectivity index (χ4n) is 0.619. The third-order valence-electron chi connectivity index (χ3n) is 1.01. The summed E-state index contributed by atoms with van der Waals surface area (Å²) in [5.41, 5.74) is 0. The van der Waals surface area contributed by atoms with E-state index >= 15 is 0 Å². The van der Waals surface area contributed by atoms with Crippen LogP contribution in [0.1, 0.15) is 6.42 Å². The third-order valence-corrected chi connectivity index (χ3v) is 1.01. The van der Waals surface area contributed by atoms with Crippen LogP contribution in [0.5, 0.6) is 0 Å². The Morgan fingerprint density at radius 2 is 2.62 bits per heavy atom. The number of nitrogens with one attached hydrogen (secondary N) is 1. The Balaban J connectivity index is 2.22. The normalized spacial score (nSPS) is 29.8. The topological polar surface area (TPSA) is 50.7 Å². The second-order valence-corrected chi connectivity index (χ2v) is 1.64. The second kappa shape index (κ2) is 2.74. The lowest BCUT2D eigenvalue weighted by Gasteiger charge is -2.16. The number of nitrogens with zero attached hydrogens (tertiary/aromatic N) is 1. The summed E-state index contributed by atoms with van der Waals surface area (Å²) in [6.07, 6.45) is 0.371. The zero-order valence-corrected chi connectivity index (χ0v) is 4.46. The Bertz CT molecular complexity index is 80.1. The number of rotatable bonds is 1. The molecule has 0 saturated carbocycles. The molecule has 0 aliphatic carbocycles. The Labute approximate surface area is 47.2 Å². The van der Waals surface area contributed by atoms with Crippen LogP contribution in [0.2, 0.25) is 0 Å². The highest BCUT2D eigenvalue weighted by atomic mass is 16.5. The average molecular weight is 116 g/mol. The van der Waals surface area contributed by atoms with Crippen molar-refractivity contribution in [2.24, 2.45) is 5.18 Å². The van der Waals surface area contributed by atoms with Gasteiger partial charge in [0.25, 0.3) is 0 Å². The molecule has 1 atom stereocenters. The van der Waals surface area contributed by atoms with Crippen LogP contribution in [0.25, 0.3) is 0 Å². The maximum atomic E-state index is 9.72. The molecular formula is C4H8N2O2. The van der Waals surface area contributed by atoms with E-state index < -0.39 is 6.35 Å². The van der Waals surface area contributed by atoms with Crippen molar-refractivity contribution < 1.29 is 4.74 Å². The highest BCUT2D eigenvalue weighted by Crippen LogP contribution is 1.96. The van der Waals surface area contributed by atoms with Gasteiger partial charge in [0.2, 0.25) is 6.35 Å². The first kappa shape index (κ1) is 5.65. The quantitative estimate of drug-likeness (QED) is 0.492. The summed E-state index contributed by atoms with van der Waals surface area (Å²) in [5.74, 6) is 0. The fraction of sp³-hybridized carbons (Fsp3) is 1.00. The van der Waals surface area contributed by atoms with Gasteiger partial charge < -0.3 is 4.74 Å². The molecule has 4 nitrogen and oxygen atoms in total. The van der Waals surface area contributed by atoms with E-state index in [2.05, 4.69) is 10.5 Å². The molecule has 0 aromatic rings. The van der Waals surface area contributed by atoms with Crippen LogP contribution in [0, 0.1) is 4.91 Å². The van der Waals surface area contributed by atoms with Crippen LogP contribution >= 0.6 is 0 Å². The van der Waals surface area contributed by atoms with Crippen LogP contribution in [-0.4, -0.2) is 19.5 Å². The maximum Gasteiger partial charge on any atom is 0.245 e. The number of nitroso groups, excluding NO2 is 1. The lowest BCUT2D eigenvalue weighted by Crippen LogP contribution is -2.36. The van der Waals surface area contributed by atoms with Gasteiger partial charge in [-0.1, -0.05) is 0 Å². The first-order chi connectivity index (χ1) is 3.93. The van der Waals surface area contributed by atoms with Crippen LogP contribution in [0.4, 0.5) is 0 Å². The monoisotopic (exact) mass is 116 g/mol. The van der Waals surface area contributed by atoms with E-state index in [-0.39, 0.29) is 0 Å². The van der Waals surface area contributed by atoms with Gasteiger partial charge in [-0.3, -0.25) is 5.32 Å². The first-order valence-corrected chi connectivity index (χ1v) is 2.61. The molecule has 0 bridgehead atoms. The van der Waals surface area contributed by atoms with Gasteiger partial charge in [0.05, 0.1) is 6.61 Å². The van der Waals surface area contributed by atoms with Crippen molar-refractivity contribution in [2.75, 3.05) is 13.2 Å². The van der Waals surface area contributed by atoms with E-state index in [0.717, 1.165) is 13.0 Å². The standard InChI is InChI=1S/C4H8N2O2/c7-6-4-5-2-1-3-8-4/h4-5H,1-3H2. The van der Waals surface area contributed by atoms with Gasteiger partial charge in [-0.15, -0.1) is 4.91 Å². The number of hydrogen-bond acceptors (Lipinski definition) is 4. The van der Waals surface area contributed by atoms with Crippen LogP contribution < -0.4 is 5.32 Å². The van der Waals surface area contributed by atoms with Gasteiger partial charge in [-0.2, -0.15) is 0 Å². The lowest BCUT2D eigenvalue weighted by molar-refractivity contribution is 0.00642. The molecule has 1 aliphatic heterocycles. The van der Waals surface area contributed by atoms with Gasteiger partial charge >= 0.3 is 0 Å². The molecule has 0 aromatic heterocycles. The summed E-state index contributed by atoms with van der Waals surface area (Å²) in [6, 6.07) is 0. The summed E-state index contributed by atoms with van der Waals surface area (Å²) in [4.78, 5) is 9.72. The number of hydrogen-bond donors (Lipinski definition) is 1. The Morgan fingerprint density at radius 3 is 3.00 bits per heavy atom. The molecule has 1 fully saturated rings. The van der Waals surface area contributed by atoms with Crippen LogP contribution in [-0.2, 0) is 4.74 Å². The van der Waals surface area contributed by atoms with Gasteiger partial charge in [0, 0.05) is 6.54 Å². The summed E-state index contributed by atoms with van der Waals surface area (Å²) >= 11 is 0. The number of ether oxygens (including phenoxy) is 1. The molecule has 1 unspecified atom stereocenters. The largest absolute Gasteiger partial charge is 0.341 e. The maximum absolute atomic E-state index is 9.72. The van der Waals surface area contributed by atoms with Crippen molar-refractivity contribution in [2.45, 2.75) is 12.8 Å². The third kappa shape index (κ3) is 1.24. The smallest absolute Gasteiger partial charge is 0.245 e. The zero-order chi connectivity index (χ0) is 5.82. The fourth-order valence-corrected chi connectivity index (χ4v) is 0.619. The van der Waals surface area contributed by atoms with Crippen molar-refractivity contribution in [1.82, 2.24) is 5.32 Å². The Kier molecular flexibility index (Phi) is 1.93. The molecule has 0 aromatic carbocycles. The van der Waals surface area contributed by atoms with Crippen molar-refractivity contribution in [1.29, 1.82) is 0 Å². The van der Waals surface area contributed by atoms with E-state index in [4.69, 9.17) is 4.74 Å². The second-order valence-electron chi connectivity index (χ2n) is 1.64. The lowest BCUT2D eigenvalue weighted by atomic mass is 10.4. The van der Waals surface area contributed by atoms with Gasteiger partial charge in [0.15, 0.2) is 0 Å². The Hall–Kier alpha value is -0.480. The summed E-state index contributed by atoms with van der Waals surface area (Å²) in [6.45, 7) is 1.47. The molecule has 1 saturated heterocycles. The summed E-state index contributed by atoms with van der Waals surface area (Å²) < 4.78 is 4.84. The molecule has 0 radical (unpaired) electrons. The van der Waals surface area contributed by atoms with E-state index in [1.807, 2.05) is 0 Å². The molecule has 46 valence electrons. The molecule has 1 heterocycles. The summed E-state index contributed by atoms with van der Waals surface area (Å²) in [5, 5.41) is 5.43. The minimum atomic E-state index is -0.594. The van der Waals surface area contributed by atoms with E-state index in [1.54, 1.807) is 0 Å². The average Bonchev–Trinajstić information content (AvgIpc) is 1.90. The van der Waals surface area contributed by atoms with Crippen molar-refractivity contribution in [3.8, 4) is 0 Å². The molecule has 0 amide bonds. The van der Waals surface area contributed by atoms with Crippen molar-refractivity contribution >= 4 is 0 Å². The van der Waals surface area contributed by atoms with Crippen LogP contribution in [0.15, 0.2) is 5.18 Å². The van der Waals surface area contributed by atoms with E-state index in [9.17, 15) is 4.91 Å². The van der Waals surface area contributed by atoms with Crippen molar-refractivity contribution in [3.05, 3.63) is 4.91 Å². The SMILES string of the molecule is O=NC1NCCCO1. The minimum absolute atomic E-state index is 0.594. The molecule has 1 aliphatic rings. The van der Waals surface area contributed by atoms with Crippen LogP contribution in [0.3, 0.4) is 0 Å². The highest BCUT2D eigenvalue weighted by Gasteiger charge is 2.10. The summed E-state index contributed by atoms with van der Waals surface area (Å²) in [7, 11) is 0. The Morgan fingerprint density at radius 1 is 1.75 bits per heavy atom. The minimum Gasteiger partial charge on any atom is -0.341 e. The predicted octanol–water partition coefficient (Wildman–Crippen LogP) is 0.0463. The van der Waals surface area contributed by atoms with E-state index in [0.29, 0.717) is 6.61 Å². The molecule has 4 heteroatoms. The molecule has 1 N–H and O–H groups in total. The molecular weight excluding hydrogens is 108 g/mol. The molecule has 0 spiro atoms. The van der Waals surface area contributed by atoms with Gasteiger partial charge in [0.1, 0.15) is 0 Å². The van der Waals surface area contributed by atoms with Crippen molar-refractivity contribution in [3.63, 3.8) is 0 Å². The van der Waals surface area contributed by atoms with Gasteiger partial charge in [-0.05, 0) is 11.6 Å². The first-order valence-electron chi connectivity index (χ1n) is 2.61. The molecule has 1 rings (SSSR count). The zero-order valence-electron chi connectivity index (χ0n) is 4.46. The van der Waals surface area contributed by atoms with E-state index in [1.165, 1.54) is 0 Å². The highest BCUT2D eigenvalue weighted by molar-refractivity contribution is 4.56. The molecule has 8 heavy (non-hydrogen) atoms. The van der Waals surface area contributed by atoms with Gasteiger partial charge in [-0.25, -0.2) is 0 Å².